The second-order valence-electron chi connectivity index (χ2n) is 4.54. The van der Waals surface area contributed by atoms with Crippen LogP contribution in [-0.2, 0) is 18.0 Å². The van der Waals surface area contributed by atoms with Crippen molar-refractivity contribution in [3.63, 3.8) is 0 Å². The maximum absolute atomic E-state index is 10.7. The smallest absolute Gasteiger partial charge is 0.404 e. The van der Waals surface area contributed by atoms with Crippen LogP contribution in [0.1, 0.15) is 11.1 Å². The molecule has 0 atom stereocenters. The summed E-state index contributed by atoms with van der Waals surface area (Å²) in [6.07, 6.45) is -0.818. The number of carbonyl (C=O) groups is 1. The third kappa shape index (κ3) is 3.97. The van der Waals surface area contributed by atoms with Gasteiger partial charge >= 0.3 is 6.09 Å². The fraction of sp³-hybridized carbons (Fsp3) is 0.188. The summed E-state index contributed by atoms with van der Waals surface area (Å²) in [5.74, 6) is 0.657. The molecule has 0 aliphatic carbocycles. The largest absolute Gasteiger partial charge is 0.497 e. The van der Waals surface area contributed by atoms with Gasteiger partial charge in [-0.25, -0.2) is 4.79 Å². The zero-order chi connectivity index (χ0) is 15.2. The van der Waals surface area contributed by atoms with E-state index in [0.29, 0.717) is 5.75 Å². The Hall–Kier alpha value is -2.53. The fourth-order valence-electron chi connectivity index (χ4n) is 2.03. The Morgan fingerprint density at radius 2 is 1.90 bits per heavy atom. The average molecular weight is 287 g/mol. The Morgan fingerprint density at radius 1 is 1.14 bits per heavy atom. The molecule has 2 rings (SSSR count). The highest BCUT2D eigenvalue weighted by Crippen LogP contribution is 2.27. The first kappa shape index (κ1) is 14.9. The third-order valence-electron chi connectivity index (χ3n) is 3.03. The average Bonchev–Trinajstić information content (AvgIpc) is 2.52. The Morgan fingerprint density at radius 3 is 2.57 bits per heavy atom. The molecule has 0 heterocycles. The number of ether oxygens (including phenoxy) is 2. The minimum absolute atomic E-state index is 0.0184. The molecule has 1 amide bonds. The van der Waals surface area contributed by atoms with Crippen LogP contribution < -0.4 is 10.5 Å². The van der Waals surface area contributed by atoms with Crippen LogP contribution in [-0.4, -0.2) is 18.3 Å². The normalized spacial score (nSPS) is 10.2. The van der Waals surface area contributed by atoms with Gasteiger partial charge in [0.05, 0.1) is 13.7 Å². The number of hydrogen-bond donors (Lipinski definition) is 2. The van der Waals surface area contributed by atoms with E-state index in [1.54, 1.807) is 13.2 Å². The third-order valence-corrected chi connectivity index (χ3v) is 3.03. The van der Waals surface area contributed by atoms with Crippen molar-refractivity contribution in [1.29, 1.82) is 0 Å². The van der Waals surface area contributed by atoms with Crippen molar-refractivity contribution >= 4 is 6.09 Å². The molecule has 0 aromatic heterocycles. The maximum Gasteiger partial charge on any atom is 0.404 e. The van der Waals surface area contributed by atoms with Gasteiger partial charge in [0.2, 0.25) is 0 Å². The summed E-state index contributed by atoms with van der Waals surface area (Å²) in [6, 6.07) is 13.1. The van der Waals surface area contributed by atoms with Gasteiger partial charge in [-0.1, -0.05) is 18.2 Å². The predicted molar refractivity (Wildman–Crippen MR) is 78.7 cm³/mol. The molecule has 0 bridgehead atoms. The van der Waals surface area contributed by atoms with E-state index in [2.05, 4.69) is 0 Å². The summed E-state index contributed by atoms with van der Waals surface area (Å²) in [7, 11) is 1.57. The molecule has 2 aromatic carbocycles. The van der Waals surface area contributed by atoms with Crippen molar-refractivity contribution in [3.05, 3.63) is 53.6 Å². The molecule has 0 aliphatic rings. The lowest BCUT2D eigenvalue weighted by Crippen LogP contribution is -2.12. The van der Waals surface area contributed by atoms with Gasteiger partial charge in [-0.05, 0) is 46.5 Å². The number of amides is 1. The van der Waals surface area contributed by atoms with Crippen molar-refractivity contribution in [1.82, 2.24) is 0 Å². The molecule has 5 heteroatoms. The number of aliphatic hydroxyl groups is 1. The number of rotatable bonds is 5. The Balaban J connectivity index is 2.37. The highest BCUT2D eigenvalue weighted by atomic mass is 16.5. The molecule has 0 radical (unpaired) electrons. The van der Waals surface area contributed by atoms with Crippen LogP contribution in [0.4, 0.5) is 4.79 Å². The summed E-state index contributed by atoms with van der Waals surface area (Å²) >= 11 is 0. The van der Waals surface area contributed by atoms with Crippen molar-refractivity contribution in [2.75, 3.05) is 7.11 Å². The van der Waals surface area contributed by atoms with E-state index < -0.39 is 6.09 Å². The van der Waals surface area contributed by atoms with E-state index >= 15 is 0 Å². The molecule has 0 unspecified atom stereocenters. The SMILES string of the molecule is COc1cc(COC(N)=O)cc(-c2cccc(CO)c2)c1. The molecule has 21 heavy (non-hydrogen) atoms. The molecule has 0 fully saturated rings. The molecular formula is C16H17NO4. The lowest BCUT2D eigenvalue weighted by molar-refractivity contribution is 0.150. The van der Waals surface area contributed by atoms with Crippen molar-refractivity contribution in [2.45, 2.75) is 13.2 Å². The van der Waals surface area contributed by atoms with Gasteiger partial charge in [-0.2, -0.15) is 0 Å². The second-order valence-corrected chi connectivity index (χ2v) is 4.54. The number of hydrogen-bond acceptors (Lipinski definition) is 4. The summed E-state index contributed by atoms with van der Waals surface area (Å²) in [4.78, 5) is 10.7. The van der Waals surface area contributed by atoms with Gasteiger partial charge in [0.1, 0.15) is 12.4 Å². The first-order chi connectivity index (χ1) is 10.1. The topological polar surface area (TPSA) is 81.8 Å². The summed E-state index contributed by atoms with van der Waals surface area (Å²) in [5.41, 5.74) is 8.43. The second kappa shape index (κ2) is 6.76. The van der Waals surface area contributed by atoms with E-state index in [4.69, 9.17) is 15.2 Å². The van der Waals surface area contributed by atoms with Gasteiger partial charge in [0, 0.05) is 0 Å². The van der Waals surface area contributed by atoms with Gasteiger partial charge < -0.3 is 20.3 Å². The van der Waals surface area contributed by atoms with Crippen LogP contribution in [0.5, 0.6) is 5.75 Å². The van der Waals surface area contributed by atoms with E-state index in [0.717, 1.165) is 22.3 Å². The minimum Gasteiger partial charge on any atom is -0.497 e. The fourth-order valence-corrected chi connectivity index (χ4v) is 2.03. The zero-order valence-corrected chi connectivity index (χ0v) is 11.7. The quantitative estimate of drug-likeness (QED) is 0.885. The van der Waals surface area contributed by atoms with Crippen LogP contribution in [0, 0.1) is 0 Å². The molecule has 110 valence electrons. The van der Waals surface area contributed by atoms with Crippen molar-refractivity contribution in [2.24, 2.45) is 5.73 Å². The summed E-state index contributed by atoms with van der Waals surface area (Å²) < 4.78 is 10.1. The highest BCUT2D eigenvalue weighted by Gasteiger charge is 2.06. The standard InChI is InChI=1S/C16H17NO4/c1-20-15-7-12(10-21-16(17)19)6-14(8-15)13-4-2-3-11(5-13)9-18/h2-8,18H,9-10H2,1H3,(H2,17,19). The lowest BCUT2D eigenvalue weighted by atomic mass is 10.0. The number of primary amides is 1. The molecule has 2 aromatic rings. The lowest BCUT2D eigenvalue weighted by Gasteiger charge is -2.10. The molecule has 0 saturated carbocycles. The number of methoxy groups -OCH3 is 1. The molecule has 3 N–H and O–H groups in total. The van der Waals surface area contributed by atoms with E-state index in [1.165, 1.54) is 0 Å². The van der Waals surface area contributed by atoms with Crippen molar-refractivity contribution in [3.8, 4) is 16.9 Å². The van der Waals surface area contributed by atoms with Gasteiger partial charge in [-0.3, -0.25) is 0 Å². The zero-order valence-electron chi connectivity index (χ0n) is 11.7. The Labute approximate surface area is 122 Å². The number of nitrogens with two attached hydrogens (primary N) is 1. The van der Waals surface area contributed by atoms with Crippen molar-refractivity contribution < 1.29 is 19.4 Å². The highest BCUT2D eigenvalue weighted by molar-refractivity contribution is 5.67. The van der Waals surface area contributed by atoms with Gasteiger partial charge in [0.25, 0.3) is 0 Å². The van der Waals surface area contributed by atoms with Crippen LogP contribution in [0.15, 0.2) is 42.5 Å². The Kier molecular flexibility index (Phi) is 4.79. The van der Waals surface area contributed by atoms with E-state index in [-0.39, 0.29) is 13.2 Å². The Bertz CT molecular complexity index is 640. The molecule has 0 saturated heterocycles. The van der Waals surface area contributed by atoms with Gasteiger partial charge in [-0.15, -0.1) is 0 Å². The van der Waals surface area contributed by atoms with Crippen LogP contribution in [0.25, 0.3) is 11.1 Å². The van der Waals surface area contributed by atoms with E-state index in [1.807, 2.05) is 36.4 Å². The number of carbonyl (C=O) groups excluding carboxylic acids is 1. The first-order valence-electron chi connectivity index (χ1n) is 6.42. The van der Waals surface area contributed by atoms with E-state index in [9.17, 15) is 9.90 Å². The van der Waals surface area contributed by atoms with Gasteiger partial charge in [0.15, 0.2) is 0 Å². The molecular weight excluding hydrogens is 270 g/mol. The summed E-state index contributed by atoms with van der Waals surface area (Å²) in [6.45, 7) is 0.0642. The van der Waals surface area contributed by atoms with Crippen LogP contribution in [0.2, 0.25) is 0 Å². The van der Waals surface area contributed by atoms with Crippen LogP contribution >= 0.6 is 0 Å². The summed E-state index contributed by atoms with van der Waals surface area (Å²) in [5, 5.41) is 9.21. The monoisotopic (exact) mass is 287 g/mol. The first-order valence-corrected chi connectivity index (χ1v) is 6.42. The molecule has 5 nitrogen and oxygen atoms in total. The molecule has 0 spiro atoms. The molecule has 0 aliphatic heterocycles. The van der Waals surface area contributed by atoms with Crippen LogP contribution in [0.3, 0.4) is 0 Å². The predicted octanol–water partition coefficient (Wildman–Crippen LogP) is 2.45. The maximum atomic E-state index is 10.7. The number of benzene rings is 2. The minimum atomic E-state index is -0.818. The number of aliphatic hydroxyl groups excluding tert-OH is 1.